The summed E-state index contributed by atoms with van der Waals surface area (Å²) in [5.41, 5.74) is 0.791. The molecule has 0 aromatic rings. The van der Waals surface area contributed by atoms with E-state index in [4.69, 9.17) is 23.7 Å². The quantitative estimate of drug-likeness (QED) is 0.123. The third-order valence-corrected chi connectivity index (χ3v) is 14.5. The minimum Gasteiger partial charge on any atom is -0.456 e. The molecule has 0 amide bonds. The summed E-state index contributed by atoms with van der Waals surface area (Å²) in [4.78, 5) is 36.0. The average Bonchev–Trinajstić information content (AvgIpc) is 3.37. The summed E-state index contributed by atoms with van der Waals surface area (Å²) < 4.78 is 29.2. The standard InChI is InChI=1S/C40H66O8/c1-10-28(23(2)3)12-11-24(4)32-15-16-33-31-14-13-29-21-30(17-19-39(29,8)34(31)18-20-40(32,33)9)48-38-37(47-27(7)43)36(46-26(6)42)35(22-44-38)45-25(5)41/h23-24,28-38H,10-22H2,1-9H3/t24?,28?,29?,30-,31?,32?,33?,34?,35+,36-,37+,38-,39-,40+/m0/s1. The van der Waals surface area contributed by atoms with Gasteiger partial charge in [-0.15, -0.1) is 0 Å². The van der Waals surface area contributed by atoms with Crippen LogP contribution in [0.5, 0.6) is 0 Å². The van der Waals surface area contributed by atoms with Gasteiger partial charge in [0.2, 0.25) is 0 Å². The van der Waals surface area contributed by atoms with Crippen molar-refractivity contribution < 1.29 is 38.1 Å². The molecule has 4 saturated carbocycles. The van der Waals surface area contributed by atoms with Gasteiger partial charge in [0, 0.05) is 20.8 Å². The lowest BCUT2D eigenvalue weighted by atomic mass is 9.44. The van der Waals surface area contributed by atoms with Gasteiger partial charge in [-0.3, -0.25) is 14.4 Å². The molecule has 1 saturated heterocycles. The van der Waals surface area contributed by atoms with E-state index in [1.54, 1.807) is 0 Å². The second-order valence-electron chi connectivity index (χ2n) is 17.4. The van der Waals surface area contributed by atoms with Gasteiger partial charge >= 0.3 is 17.9 Å². The van der Waals surface area contributed by atoms with E-state index in [-0.39, 0.29) is 12.7 Å². The van der Waals surface area contributed by atoms with E-state index >= 15 is 0 Å². The predicted molar refractivity (Wildman–Crippen MR) is 184 cm³/mol. The van der Waals surface area contributed by atoms with E-state index in [0.717, 1.165) is 60.7 Å². The molecule has 14 atom stereocenters. The van der Waals surface area contributed by atoms with Crippen LogP contribution in [0.2, 0.25) is 0 Å². The number of fused-ring (bicyclic) bond motifs is 5. The Kier molecular flexibility index (Phi) is 12.0. The highest BCUT2D eigenvalue weighted by molar-refractivity contribution is 5.68. The molecule has 8 heteroatoms. The third kappa shape index (κ3) is 7.65. The van der Waals surface area contributed by atoms with E-state index in [0.29, 0.717) is 16.7 Å². The van der Waals surface area contributed by atoms with Gasteiger partial charge in [-0.25, -0.2) is 0 Å². The summed E-state index contributed by atoms with van der Waals surface area (Å²) in [5.74, 6) is 4.72. The van der Waals surface area contributed by atoms with Crippen molar-refractivity contribution >= 4 is 17.9 Å². The van der Waals surface area contributed by atoms with Crippen LogP contribution in [0.4, 0.5) is 0 Å². The van der Waals surface area contributed by atoms with E-state index in [1.165, 1.54) is 78.6 Å². The zero-order valence-electron chi connectivity index (χ0n) is 31.5. The molecule has 5 aliphatic rings. The molecule has 1 heterocycles. The highest BCUT2D eigenvalue weighted by Crippen LogP contribution is 2.68. The molecule has 1 aliphatic heterocycles. The first-order chi connectivity index (χ1) is 22.7. The minimum atomic E-state index is -1.03. The van der Waals surface area contributed by atoms with Crippen LogP contribution in [0.25, 0.3) is 0 Å². The molecule has 48 heavy (non-hydrogen) atoms. The van der Waals surface area contributed by atoms with Crippen LogP contribution in [0.1, 0.15) is 139 Å². The lowest BCUT2D eigenvalue weighted by molar-refractivity contribution is -0.296. The first-order valence-electron chi connectivity index (χ1n) is 19.5. The maximum absolute atomic E-state index is 12.1. The Hall–Kier alpha value is -1.67. The van der Waals surface area contributed by atoms with Crippen molar-refractivity contribution in [2.75, 3.05) is 6.61 Å². The van der Waals surface area contributed by atoms with Crippen LogP contribution >= 0.6 is 0 Å². The number of hydrogen-bond donors (Lipinski definition) is 0. The Morgan fingerprint density at radius 3 is 2.06 bits per heavy atom. The summed E-state index contributed by atoms with van der Waals surface area (Å²) in [6.45, 7) is 18.9. The van der Waals surface area contributed by atoms with Crippen molar-refractivity contribution in [3.8, 4) is 0 Å². The van der Waals surface area contributed by atoms with Crippen molar-refractivity contribution in [1.82, 2.24) is 0 Å². The second kappa shape index (κ2) is 15.3. The maximum atomic E-state index is 12.1. The zero-order chi connectivity index (χ0) is 35.0. The number of rotatable bonds is 11. The molecule has 0 aromatic heterocycles. The summed E-state index contributed by atoms with van der Waals surface area (Å²) in [6.07, 6.45) is 11.3. The van der Waals surface area contributed by atoms with E-state index in [9.17, 15) is 14.4 Å². The fourth-order valence-corrected chi connectivity index (χ4v) is 12.0. The highest BCUT2D eigenvalue weighted by Gasteiger charge is 2.61. The van der Waals surface area contributed by atoms with Gasteiger partial charge in [0.25, 0.3) is 0 Å². The Bertz CT molecular complexity index is 1140. The third-order valence-electron chi connectivity index (χ3n) is 14.5. The topological polar surface area (TPSA) is 97.4 Å². The van der Waals surface area contributed by atoms with Crippen LogP contribution in [0, 0.1) is 58.2 Å². The number of ether oxygens (including phenoxy) is 5. The molecule has 0 spiro atoms. The van der Waals surface area contributed by atoms with E-state index in [2.05, 4.69) is 41.5 Å². The molecule has 8 nitrogen and oxygen atoms in total. The fourth-order valence-electron chi connectivity index (χ4n) is 12.0. The summed E-state index contributed by atoms with van der Waals surface area (Å²) >= 11 is 0. The largest absolute Gasteiger partial charge is 0.456 e. The van der Waals surface area contributed by atoms with Gasteiger partial charge in [0.1, 0.15) is 0 Å². The second-order valence-corrected chi connectivity index (χ2v) is 17.4. The van der Waals surface area contributed by atoms with Crippen molar-refractivity contribution in [2.45, 2.75) is 170 Å². The number of esters is 3. The zero-order valence-corrected chi connectivity index (χ0v) is 31.5. The molecule has 0 aromatic carbocycles. The average molecular weight is 675 g/mol. The van der Waals surface area contributed by atoms with Crippen LogP contribution in [0.3, 0.4) is 0 Å². The minimum absolute atomic E-state index is 0.00570. The molecule has 5 rings (SSSR count). The number of hydrogen-bond acceptors (Lipinski definition) is 8. The van der Waals surface area contributed by atoms with Gasteiger partial charge in [-0.05, 0) is 122 Å². The van der Waals surface area contributed by atoms with Crippen molar-refractivity contribution in [3.63, 3.8) is 0 Å². The number of carbonyl (C=O) groups is 3. The normalized spacial score (nSPS) is 42.1. The Balaban J connectivity index is 1.23. The molecule has 4 aliphatic carbocycles. The van der Waals surface area contributed by atoms with Gasteiger partial charge in [0.15, 0.2) is 24.6 Å². The monoisotopic (exact) mass is 674 g/mol. The van der Waals surface area contributed by atoms with Gasteiger partial charge in [-0.2, -0.15) is 0 Å². The van der Waals surface area contributed by atoms with Gasteiger partial charge < -0.3 is 23.7 Å². The van der Waals surface area contributed by atoms with Crippen molar-refractivity contribution in [2.24, 2.45) is 58.2 Å². The molecule has 7 unspecified atom stereocenters. The molecule has 0 bridgehead atoms. The molecular formula is C40H66O8. The Morgan fingerprint density at radius 1 is 0.771 bits per heavy atom. The van der Waals surface area contributed by atoms with E-state index < -0.39 is 42.5 Å². The summed E-state index contributed by atoms with van der Waals surface area (Å²) in [5, 5.41) is 0. The number of carbonyl (C=O) groups excluding carboxylic acids is 3. The Morgan fingerprint density at radius 2 is 1.42 bits per heavy atom. The lowest BCUT2D eigenvalue weighted by Gasteiger charge is -2.61. The summed E-state index contributed by atoms with van der Waals surface area (Å²) in [6, 6.07) is 0. The predicted octanol–water partition coefficient (Wildman–Crippen LogP) is 8.28. The Labute approximate surface area is 290 Å². The first kappa shape index (κ1) is 37.6. The first-order valence-corrected chi connectivity index (χ1v) is 19.5. The molecular weight excluding hydrogens is 608 g/mol. The fraction of sp³-hybridized carbons (Fsp3) is 0.925. The van der Waals surface area contributed by atoms with Gasteiger partial charge in [0.05, 0.1) is 12.7 Å². The molecule has 0 radical (unpaired) electrons. The highest BCUT2D eigenvalue weighted by atomic mass is 16.7. The molecule has 0 N–H and O–H groups in total. The lowest BCUT2D eigenvalue weighted by Crippen LogP contribution is -2.59. The van der Waals surface area contributed by atoms with Crippen molar-refractivity contribution in [3.05, 3.63) is 0 Å². The van der Waals surface area contributed by atoms with Gasteiger partial charge in [-0.1, -0.05) is 54.4 Å². The van der Waals surface area contributed by atoms with Crippen LogP contribution < -0.4 is 0 Å². The van der Waals surface area contributed by atoms with Crippen LogP contribution in [-0.2, 0) is 38.1 Å². The van der Waals surface area contributed by atoms with Crippen molar-refractivity contribution in [1.29, 1.82) is 0 Å². The summed E-state index contributed by atoms with van der Waals surface area (Å²) in [7, 11) is 0. The maximum Gasteiger partial charge on any atom is 0.303 e. The molecule has 274 valence electrons. The SMILES string of the molecule is CCC(CCC(C)C1CCC2C3CCC4C[C@@H](O[C@@H]5OC[C@@H](OC(C)=O)[C@H](OC(C)=O)[C@H]5OC(C)=O)CC[C@]4(C)C3CC[C@]12C)C(C)C. The van der Waals surface area contributed by atoms with Crippen LogP contribution in [0.15, 0.2) is 0 Å². The smallest absolute Gasteiger partial charge is 0.303 e. The van der Waals surface area contributed by atoms with Crippen LogP contribution in [-0.4, -0.2) is 55.2 Å². The van der Waals surface area contributed by atoms with E-state index in [1.807, 2.05) is 0 Å². The molecule has 5 fully saturated rings.